The lowest BCUT2D eigenvalue weighted by Crippen LogP contribution is -2.28. The van der Waals surface area contributed by atoms with Crippen LogP contribution in [0, 0.1) is 0 Å². The summed E-state index contributed by atoms with van der Waals surface area (Å²) in [5.74, 6) is 0.299. The van der Waals surface area contributed by atoms with E-state index < -0.39 is 0 Å². The van der Waals surface area contributed by atoms with Crippen molar-refractivity contribution in [2.75, 3.05) is 0 Å². The zero-order valence-corrected chi connectivity index (χ0v) is 35.0. The van der Waals surface area contributed by atoms with Crippen molar-refractivity contribution in [3.05, 3.63) is 213 Å². The van der Waals surface area contributed by atoms with Gasteiger partial charge in [-0.15, -0.1) is 0 Å². The van der Waals surface area contributed by atoms with Gasteiger partial charge in [-0.1, -0.05) is 205 Å². The highest BCUT2D eigenvalue weighted by Crippen LogP contribution is 2.56. The standard InChI is InChI=1S/C58H52/c1-55(2)49-19-13-11-17-43(49)45-24-21-37(32-51(45)55)38-22-25-46-47-26-23-39(34-53(47)57(5,6)52(46)33-38)41-29-40(36-15-9-8-10-16-36)30-42(31-41)58(7)28-27-48-44-18-12-14-20-50(44)56(3,4)54(48)35-58/h8-33,39H,34-35H2,1-7H3. The summed E-state index contributed by atoms with van der Waals surface area (Å²) in [6, 6.07) is 50.9. The molecule has 284 valence electrons. The lowest BCUT2D eigenvalue weighted by Gasteiger charge is -2.36. The molecule has 6 aromatic carbocycles. The van der Waals surface area contributed by atoms with Crippen LogP contribution < -0.4 is 0 Å². The summed E-state index contributed by atoms with van der Waals surface area (Å²) in [7, 11) is 0. The fourth-order valence-electron chi connectivity index (χ4n) is 11.6. The Morgan fingerprint density at radius 1 is 0.431 bits per heavy atom. The molecular formula is C58H52. The largest absolute Gasteiger partial charge is 0.0761 e. The van der Waals surface area contributed by atoms with Gasteiger partial charge in [-0.05, 0) is 114 Å². The summed E-state index contributed by atoms with van der Waals surface area (Å²) in [6.45, 7) is 17.0. The summed E-state index contributed by atoms with van der Waals surface area (Å²) >= 11 is 0. The van der Waals surface area contributed by atoms with Crippen molar-refractivity contribution >= 4 is 11.1 Å². The van der Waals surface area contributed by atoms with E-state index in [2.05, 4.69) is 206 Å². The van der Waals surface area contributed by atoms with Crippen molar-refractivity contribution in [3.63, 3.8) is 0 Å². The van der Waals surface area contributed by atoms with Gasteiger partial charge in [0.25, 0.3) is 0 Å². The highest BCUT2D eigenvalue weighted by molar-refractivity contribution is 5.90. The van der Waals surface area contributed by atoms with Crippen molar-refractivity contribution < 1.29 is 0 Å². The highest BCUT2D eigenvalue weighted by atomic mass is 14.5. The van der Waals surface area contributed by atoms with Gasteiger partial charge in [-0.25, -0.2) is 0 Å². The van der Waals surface area contributed by atoms with E-state index in [0.29, 0.717) is 5.92 Å². The average molecular weight is 749 g/mol. The summed E-state index contributed by atoms with van der Waals surface area (Å²) < 4.78 is 0. The quantitative estimate of drug-likeness (QED) is 0.168. The molecule has 0 amide bonds. The third kappa shape index (κ3) is 5.00. The molecule has 58 heavy (non-hydrogen) atoms. The minimum Gasteiger partial charge on any atom is -0.0761 e. The second-order valence-electron chi connectivity index (χ2n) is 19.6. The number of benzene rings is 6. The molecule has 0 heteroatoms. The zero-order chi connectivity index (χ0) is 39.8. The van der Waals surface area contributed by atoms with Crippen molar-refractivity contribution in [3.8, 4) is 33.4 Å². The smallest absolute Gasteiger partial charge is 0.0159 e. The van der Waals surface area contributed by atoms with Crippen LogP contribution in [0.15, 0.2) is 169 Å². The Kier molecular flexibility index (Phi) is 7.43. The number of rotatable bonds is 4. The Balaban J connectivity index is 0.933. The van der Waals surface area contributed by atoms with E-state index in [1.807, 2.05) is 0 Å². The Hall–Kier alpha value is -5.72. The first kappa shape index (κ1) is 35.4. The second-order valence-corrected chi connectivity index (χ2v) is 19.6. The molecule has 0 aromatic heterocycles. The molecule has 0 saturated heterocycles. The van der Waals surface area contributed by atoms with Crippen LogP contribution in [0.2, 0.25) is 0 Å². The molecule has 5 aliphatic carbocycles. The van der Waals surface area contributed by atoms with Gasteiger partial charge in [0.05, 0.1) is 0 Å². The monoisotopic (exact) mass is 748 g/mol. The van der Waals surface area contributed by atoms with E-state index >= 15 is 0 Å². The van der Waals surface area contributed by atoms with Gasteiger partial charge in [-0.2, -0.15) is 0 Å². The Morgan fingerprint density at radius 3 is 1.74 bits per heavy atom. The van der Waals surface area contributed by atoms with E-state index in [4.69, 9.17) is 0 Å². The van der Waals surface area contributed by atoms with E-state index in [1.54, 1.807) is 11.1 Å². The Bertz CT molecular complexity index is 2860. The van der Waals surface area contributed by atoms with Crippen LogP contribution in [0.1, 0.15) is 112 Å². The number of hydrogen-bond donors (Lipinski definition) is 0. The van der Waals surface area contributed by atoms with Gasteiger partial charge < -0.3 is 0 Å². The molecule has 6 aromatic rings. The SMILES string of the molecule is CC1(c2cc(-c3ccccc3)cc(C3C=CC4=C(C3)C(C)(C)c3cc(-c5ccc6c(c5)C(C)(C)c5ccccc5-6)ccc34)c2)C=CC2=C(C1)C(C)(C)c1ccccc12. The van der Waals surface area contributed by atoms with E-state index in [1.165, 1.54) is 89.0 Å². The van der Waals surface area contributed by atoms with Gasteiger partial charge in [0.1, 0.15) is 0 Å². The Morgan fingerprint density at radius 2 is 1.00 bits per heavy atom. The molecule has 0 radical (unpaired) electrons. The number of hydrogen-bond acceptors (Lipinski definition) is 0. The maximum atomic E-state index is 2.55. The van der Waals surface area contributed by atoms with Gasteiger partial charge in [0.15, 0.2) is 0 Å². The minimum absolute atomic E-state index is 0.0126. The molecule has 0 bridgehead atoms. The van der Waals surface area contributed by atoms with Gasteiger partial charge in [0.2, 0.25) is 0 Å². The first-order valence-electron chi connectivity index (χ1n) is 21.4. The minimum atomic E-state index is -0.116. The molecule has 0 aliphatic heterocycles. The normalized spacial score (nSPS) is 22.3. The topological polar surface area (TPSA) is 0 Å². The van der Waals surface area contributed by atoms with Crippen LogP contribution in [0.3, 0.4) is 0 Å². The molecule has 2 atom stereocenters. The molecular weight excluding hydrogens is 697 g/mol. The summed E-state index contributed by atoms with van der Waals surface area (Å²) in [5, 5.41) is 0. The zero-order valence-electron chi connectivity index (χ0n) is 35.0. The number of fused-ring (bicyclic) bond motifs is 7. The third-order valence-corrected chi connectivity index (χ3v) is 15.2. The summed E-state index contributed by atoms with van der Waals surface area (Å²) in [5.41, 5.74) is 25.2. The fourth-order valence-corrected chi connectivity index (χ4v) is 11.6. The van der Waals surface area contributed by atoms with Crippen molar-refractivity contribution in [2.24, 2.45) is 0 Å². The van der Waals surface area contributed by atoms with Crippen molar-refractivity contribution in [1.29, 1.82) is 0 Å². The van der Waals surface area contributed by atoms with Gasteiger partial charge in [-0.3, -0.25) is 0 Å². The molecule has 2 unspecified atom stereocenters. The Labute approximate surface area is 345 Å². The third-order valence-electron chi connectivity index (χ3n) is 15.2. The maximum Gasteiger partial charge on any atom is 0.0159 e. The van der Waals surface area contributed by atoms with Gasteiger partial charge in [0, 0.05) is 27.6 Å². The van der Waals surface area contributed by atoms with Crippen LogP contribution in [0.4, 0.5) is 0 Å². The molecule has 0 fully saturated rings. The van der Waals surface area contributed by atoms with Crippen LogP contribution in [-0.2, 0) is 21.7 Å². The van der Waals surface area contributed by atoms with Crippen molar-refractivity contribution in [1.82, 2.24) is 0 Å². The fraction of sp³-hybridized carbons (Fsp3) is 0.241. The van der Waals surface area contributed by atoms with Crippen molar-refractivity contribution in [2.45, 2.75) is 88.9 Å². The second kappa shape index (κ2) is 12.2. The predicted octanol–water partition coefficient (Wildman–Crippen LogP) is 15.1. The highest BCUT2D eigenvalue weighted by Gasteiger charge is 2.44. The van der Waals surface area contributed by atoms with E-state index in [9.17, 15) is 0 Å². The number of allylic oxidation sites excluding steroid dienone is 8. The first-order chi connectivity index (χ1) is 27.8. The van der Waals surface area contributed by atoms with Crippen LogP contribution in [-0.4, -0.2) is 0 Å². The first-order valence-corrected chi connectivity index (χ1v) is 21.4. The molecule has 0 heterocycles. The molecule has 0 N–H and O–H groups in total. The van der Waals surface area contributed by atoms with E-state index in [0.717, 1.165) is 12.8 Å². The molecule has 0 saturated carbocycles. The molecule has 11 rings (SSSR count). The lowest BCUT2D eigenvalue weighted by atomic mass is 9.67. The van der Waals surface area contributed by atoms with Crippen LogP contribution in [0.5, 0.6) is 0 Å². The maximum absolute atomic E-state index is 2.55. The molecule has 0 nitrogen and oxygen atoms in total. The summed E-state index contributed by atoms with van der Waals surface area (Å²) in [6.07, 6.45) is 11.9. The molecule has 0 spiro atoms. The summed E-state index contributed by atoms with van der Waals surface area (Å²) in [4.78, 5) is 0. The molecule has 5 aliphatic rings. The van der Waals surface area contributed by atoms with Crippen LogP contribution in [0.25, 0.3) is 44.5 Å². The van der Waals surface area contributed by atoms with Crippen LogP contribution >= 0.6 is 0 Å². The predicted molar refractivity (Wildman–Crippen MR) is 245 cm³/mol. The average Bonchev–Trinajstić information content (AvgIpc) is 3.72. The van der Waals surface area contributed by atoms with Gasteiger partial charge >= 0.3 is 0 Å². The lowest BCUT2D eigenvalue weighted by molar-refractivity contribution is 0.513. The van der Waals surface area contributed by atoms with E-state index in [-0.39, 0.29) is 21.7 Å².